The largest absolute Gasteiger partial charge is 0.322 e. The highest BCUT2D eigenvalue weighted by molar-refractivity contribution is 7.67. The van der Waals surface area contributed by atoms with Gasteiger partial charge in [0.05, 0.1) is 12.4 Å². The topological polar surface area (TPSA) is 38.3 Å². The Morgan fingerprint density at radius 3 is 2.56 bits per heavy atom. The molecule has 4 heteroatoms. The second-order valence-corrected chi connectivity index (χ2v) is 7.65. The summed E-state index contributed by atoms with van der Waals surface area (Å²) in [5.41, 5.74) is -0.109. The Morgan fingerprint density at radius 2 is 2.00 bits per heavy atom. The maximum atomic E-state index is 12.8. The first-order chi connectivity index (χ1) is 7.44. The van der Waals surface area contributed by atoms with Gasteiger partial charge in [0, 0.05) is 10.8 Å². The third-order valence-electron chi connectivity index (χ3n) is 2.84. The Labute approximate surface area is 96.7 Å². The Balaban J connectivity index is 2.31. The van der Waals surface area contributed by atoms with Crippen molar-refractivity contribution < 1.29 is 9.09 Å². The van der Waals surface area contributed by atoms with Crippen LogP contribution in [0, 0.1) is 0 Å². The molecule has 0 spiro atoms. The van der Waals surface area contributed by atoms with E-state index in [-0.39, 0.29) is 11.3 Å². The molecule has 2 rings (SSSR count). The Kier molecular flexibility index (Phi) is 2.95. The molecule has 1 aliphatic rings. The van der Waals surface area contributed by atoms with E-state index in [9.17, 15) is 4.57 Å². The summed E-state index contributed by atoms with van der Waals surface area (Å²) >= 11 is 0. The van der Waals surface area contributed by atoms with Crippen molar-refractivity contribution >= 4 is 12.7 Å². The average Bonchev–Trinajstić information content (AvgIpc) is 2.25. The van der Waals surface area contributed by atoms with Crippen molar-refractivity contribution in [1.82, 2.24) is 5.32 Å². The van der Waals surface area contributed by atoms with E-state index >= 15 is 0 Å². The molecular weight excluding hydrogens is 221 g/mol. The number of nitrogens with one attached hydrogen (secondary N) is 1. The van der Waals surface area contributed by atoms with Crippen molar-refractivity contribution in [3.05, 3.63) is 30.3 Å². The lowest BCUT2D eigenvalue weighted by Crippen LogP contribution is -2.53. The highest BCUT2D eigenvalue weighted by atomic mass is 31.2. The minimum absolute atomic E-state index is 0.109. The van der Waals surface area contributed by atoms with Gasteiger partial charge in [0.15, 0.2) is 0 Å². The van der Waals surface area contributed by atoms with Crippen LogP contribution in [0.1, 0.15) is 20.8 Å². The first-order valence-corrected chi connectivity index (χ1v) is 7.21. The summed E-state index contributed by atoms with van der Waals surface area (Å²) < 4.78 is 18.4. The molecule has 1 N–H and O–H groups in total. The molecule has 1 aliphatic heterocycles. The summed E-state index contributed by atoms with van der Waals surface area (Å²) in [7, 11) is -2.75. The standard InChI is InChI=1S/C12H18NO2P/c1-10-13-12(2,3)9-15-16(10,14)11-7-5-4-6-8-11/h4-8,10,13H,9H2,1-3H3/t10-,16-/m1/s1. The predicted molar refractivity (Wildman–Crippen MR) is 66.3 cm³/mol. The van der Waals surface area contributed by atoms with E-state index < -0.39 is 7.37 Å². The number of benzene rings is 1. The highest BCUT2D eigenvalue weighted by Crippen LogP contribution is 2.52. The Bertz CT molecular complexity index is 416. The summed E-state index contributed by atoms with van der Waals surface area (Å²) in [5.74, 6) is -0.140. The van der Waals surface area contributed by atoms with Crippen molar-refractivity contribution in [2.24, 2.45) is 0 Å². The van der Waals surface area contributed by atoms with Crippen molar-refractivity contribution in [3.8, 4) is 0 Å². The first-order valence-electron chi connectivity index (χ1n) is 5.52. The third-order valence-corrected chi connectivity index (χ3v) is 5.52. The maximum absolute atomic E-state index is 12.8. The molecule has 88 valence electrons. The average molecular weight is 239 g/mol. The van der Waals surface area contributed by atoms with Gasteiger partial charge in [-0.3, -0.25) is 9.88 Å². The normalized spacial score (nSPS) is 33.6. The molecule has 0 saturated carbocycles. The molecular formula is C12H18NO2P. The lowest BCUT2D eigenvalue weighted by atomic mass is 10.1. The Morgan fingerprint density at radius 1 is 1.38 bits per heavy atom. The summed E-state index contributed by atoms with van der Waals surface area (Å²) in [6, 6.07) is 9.45. The third kappa shape index (κ3) is 2.08. The molecule has 0 unspecified atom stereocenters. The zero-order valence-corrected chi connectivity index (χ0v) is 10.8. The van der Waals surface area contributed by atoms with Crippen LogP contribution in [-0.2, 0) is 9.09 Å². The van der Waals surface area contributed by atoms with Crippen molar-refractivity contribution in [3.63, 3.8) is 0 Å². The van der Waals surface area contributed by atoms with Gasteiger partial charge in [-0.1, -0.05) is 18.2 Å². The van der Waals surface area contributed by atoms with Crippen LogP contribution in [0.5, 0.6) is 0 Å². The van der Waals surface area contributed by atoms with Crippen LogP contribution in [0.15, 0.2) is 30.3 Å². The van der Waals surface area contributed by atoms with Gasteiger partial charge >= 0.3 is 0 Å². The first kappa shape index (κ1) is 11.8. The van der Waals surface area contributed by atoms with Crippen LogP contribution in [-0.4, -0.2) is 17.9 Å². The smallest absolute Gasteiger partial charge is 0.248 e. The molecule has 0 radical (unpaired) electrons. The van der Waals surface area contributed by atoms with Crippen molar-refractivity contribution in [2.75, 3.05) is 6.61 Å². The van der Waals surface area contributed by atoms with Gasteiger partial charge in [0.1, 0.15) is 0 Å². The molecule has 0 bridgehead atoms. The number of hydrogen-bond donors (Lipinski definition) is 1. The summed E-state index contributed by atoms with van der Waals surface area (Å²) in [5, 5.41) is 4.15. The van der Waals surface area contributed by atoms with Crippen molar-refractivity contribution in [1.29, 1.82) is 0 Å². The second-order valence-electron chi connectivity index (χ2n) is 4.91. The fourth-order valence-corrected chi connectivity index (χ4v) is 4.44. The predicted octanol–water partition coefficient (Wildman–Crippen LogP) is 2.33. The van der Waals surface area contributed by atoms with Crippen LogP contribution in [0.4, 0.5) is 0 Å². The van der Waals surface area contributed by atoms with Crippen LogP contribution < -0.4 is 10.6 Å². The Hall–Kier alpha value is -0.630. The summed E-state index contributed by atoms with van der Waals surface area (Å²) in [4.78, 5) is 0. The van der Waals surface area contributed by atoms with Crippen LogP contribution >= 0.6 is 7.37 Å². The number of hydrogen-bond acceptors (Lipinski definition) is 3. The van der Waals surface area contributed by atoms with Crippen LogP contribution in [0.2, 0.25) is 0 Å². The minimum atomic E-state index is -2.75. The SMILES string of the molecule is C[C@@H]1NC(C)(C)CO[P@@]1(=O)c1ccccc1. The van der Waals surface area contributed by atoms with E-state index in [1.54, 1.807) is 0 Å². The molecule has 16 heavy (non-hydrogen) atoms. The summed E-state index contributed by atoms with van der Waals surface area (Å²) in [6.45, 7) is 6.51. The lowest BCUT2D eigenvalue weighted by Gasteiger charge is -2.40. The monoisotopic (exact) mass is 239 g/mol. The van der Waals surface area contributed by atoms with E-state index in [1.807, 2.05) is 37.3 Å². The van der Waals surface area contributed by atoms with Gasteiger partial charge in [-0.15, -0.1) is 0 Å². The van der Waals surface area contributed by atoms with Crippen molar-refractivity contribution in [2.45, 2.75) is 32.1 Å². The maximum Gasteiger partial charge on any atom is 0.248 e. The van der Waals surface area contributed by atoms with Gasteiger partial charge in [-0.25, -0.2) is 0 Å². The quantitative estimate of drug-likeness (QED) is 0.764. The molecule has 0 aliphatic carbocycles. The lowest BCUT2D eigenvalue weighted by molar-refractivity contribution is 0.174. The molecule has 0 amide bonds. The molecule has 0 aromatic heterocycles. The fraction of sp³-hybridized carbons (Fsp3) is 0.500. The molecule has 1 fully saturated rings. The van der Waals surface area contributed by atoms with E-state index in [1.165, 1.54) is 0 Å². The van der Waals surface area contributed by atoms with E-state index in [0.29, 0.717) is 6.61 Å². The molecule has 3 nitrogen and oxygen atoms in total. The van der Waals surface area contributed by atoms with Crippen LogP contribution in [0.3, 0.4) is 0 Å². The van der Waals surface area contributed by atoms with E-state index in [2.05, 4.69) is 19.2 Å². The minimum Gasteiger partial charge on any atom is -0.322 e. The highest BCUT2D eigenvalue weighted by Gasteiger charge is 2.41. The van der Waals surface area contributed by atoms with Gasteiger partial charge < -0.3 is 4.52 Å². The van der Waals surface area contributed by atoms with Gasteiger partial charge in [-0.2, -0.15) is 0 Å². The second kappa shape index (κ2) is 3.99. The zero-order chi connectivity index (χ0) is 11.8. The molecule has 1 saturated heterocycles. The van der Waals surface area contributed by atoms with Gasteiger partial charge in [0.2, 0.25) is 7.37 Å². The van der Waals surface area contributed by atoms with E-state index in [0.717, 1.165) is 5.30 Å². The molecule has 1 aromatic rings. The molecule has 2 atom stereocenters. The zero-order valence-electron chi connectivity index (χ0n) is 9.93. The van der Waals surface area contributed by atoms with Gasteiger partial charge in [0.25, 0.3) is 0 Å². The van der Waals surface area contributed by atoms with Crippen LogP contribution in [0.25, 0.3) is 0 Å². The van der Waals surface area contributed by atoms with Gasteiger partial charge in [-0.05, 0) is 32.9 Å². The molecule has 1 aromatic carbocycles. The van der Waals surface area contributed by atoms with E-state index in [4.69, 9.17) is 4.52 Å². The summed E-state index contributed by atoms with van der Waals surface area (Å²) in [6.07, 6.45) is 0. The number of rotatable bonds is 1. The molecule has 1 heterocycles. The fourth-order valence-electron chi connectivity index (χ4n) is 2.00.